The van der Waals surface area contributed by atoms with Gasteiger partial charge in [0.15, 0.2) is 0 Å². The number of likely N-dealkylation sites (N-methyl/N-ethyl adjacent to an activating group) is 1. The second-order valence-corrected chi connectivity index (χ2v) is 4.23. The van der Waals surface area contributed by atoms with Crippen LogP contribution in [0, 0.1) is 0 Å². The molecule has 1 aliphatic heterocycles. The average Bonchev–Trinajstić information content (AvgIpc) is 2.58. The van der Waals surface area contributed by atoms with E-state index in [0.29, 0.717) is 12.1 Å². The summed E-state index contributed by atoms with van der Waals surface area (Å²) in [5, 5.41) is 0. The molecule has 0 spiro atoms. The zero-order valence-corrected chi connectivity index (χ0v) is 9.31. The van der Waals surface area contributed by atoms with Gasteiger partial charge in [-0.05, 0) is 31.2 Å². The van der Waals surface area contributed by atoms with Crippen molar-refractivity contribution in [1.82, 2.24) is 4.90 Å². The quantitative estimate of drug-likeness (QED) is 0.795. The van der Waals surface area contributed by atoms with E-state index in [1.807, 2.05) is 12.1 Å². The first-order chi connectivity index (χ1) is 7.20. The third kappa shape index (κ3) is 2.13. The predicted octanol–water partition coefficient (Wildman–Crippen LogP) is 1.40. The molecule has 1 saturated heterocycles. The van der Waals surface area contributed by atoms with Crippen LogP contribution in [-0.2, 0) is 0 Å². The first-order valence-electron chi connectivity index (χ1n) is 5.30. The molecule has 1 heterocycles. The molecule has 82 valence electrons. The zero-order valence-electron chi connectivity index (χ0n) is 9.31. The molecule has 0 saturated carbocycles. The van der Waals surface area contributed by atoms with Gasteiger partial charge in [-0.1, -0.05) is 12.1 Å². The Bertz CT molecular complexity index is 340. The van der Waals surface area contributed by atoms with E-state index < -0.39 is 0 Å². The van der Waals surface area contributed by atoms with Gasteiger partial charge >= 0.3 is 0 Å². The number of ether oxygens (including phenoxy) is 1. The van der Waals surface area contributed by atoms with E-state index in [1.165, 1.54) is 5.56 Å². The molecule has 1 fully saturated rings. The number of nitrogens with two attached hydrogens (primary N) is 1. The summed E-state index contributed by atoms with van der Waals surface area (Å²) >= 11 is 0. The molecular weight excluding hydrogens is 188 g/mol. The number of rotatable bonds is 2. The van der Waals surface area contributed by atoms with Gasteiger partial charge in [0.1, 0.15) is 5.75 Å². The standard InChI is InChI=1S/C12H18N2O/c1-14-8-10(13)7-12(14)9-4-3-5-11(6-9)15-2/h3-6,10,12H,7-8,13H2,1-2H3. The molecule has 2 atom stereocenters. The Balaban J connectivity index is 2.21. The normalized spacial score (nSPS) is 26.9. The minimum atomic E-state index is 0.297. The first-order valence-corrected chi connectivity index (χ1v) is 5.30. The summed E-state index contributed by atoms with van der Waals surface area (Å²) in [5.41, 5.74) is 7.25. The van der Waals surface area contributed by atoms with Gasteiger partial charge in [-0.3, -0.25) is 4.90 Å². The van der Waals surface area contributed by atoms with Gasteiger partial charge in [-0.15, -0.1) is 0 Å². The van der Waals surface area contributed by atoms with Crippen LogP contribution in [0.15, 0.2) is 24.3 Å². The van der Waals surface area contributed by atoms with Crippen molar-refractivity contribution in [3.05, 3.63) is 29.8 Å². The van der Waals surface area contributed by atoms with E-state index in [2.05, 4.69) is 24.1 Å². The van der Waals surface area contributed by atoms with Gasteiger partial charge in [0.25, 0.3) is 0 Å². The molecule has 2 N–H and O–H groups in total. The largest absolute Gasteiger partial charge is 0.497 e. The smallest absolute Gasteiger partial charge is 0.119 e. The van der Waals surface area contributed by atoms with Crippen molar-refractivity contribution < 1.29 is 4.74 Å². The van der Waals surface area contributed by atoms with Crippen LogP contribution in [0.25, 0.3) is 0 Å². The van der Waals surface area contributed by atoms with Crippen molar-refractivity contribution in [3.63, 3.8) is 0 Å². The summed E-state index contributed by atoms with van der Waals surface area (Å²) in [4.78, 5) is 2.31. The fourth-order valence-electron chi connectivity index (χ4n) is 2.28. The third-order valence-corrected chi connectivity index (χ3v) is 3.06. The maximum atomic E-state index is 5.95. The minimum absolute atomic E-state index is 0.297. The van der Waals surface area contributed by atoms with Crippen LogP contribution in [0.1, 0.15) is 18.0 Å². The van der Waals surface area contributed by atoms with Gasteiger partial charge in [0.2, 0.25) is 0 Å². The molecule has 15 heavy (non-hydrogen) atoms. The number of hydrogen-bond acceptors (Lipinski definition) is 3. The summed E-state index contributed by atoms with van der Waals surface area (Å²) in [6.07, 6.45) is 1.03. The van der Waals surface area contributed by atoms with Gasteiger partial charge in [-0.25, -0.2) is 0 Å². The van der Waals surface area contributed by atoms with Crippen molar-refractivity contribution in [1.29, 1.82) is 0 Å². The third-order valence-electron chi connectivity index (χ3n) is 3.06. The van der Waals surface area contributed by atoms with Crippen LogP contribution in [0.4, 0.5) is 0 Å². The highest BCUT2D eigenvalue weighted by atomic mass is 16.5. The van der Waals surface area contributed by atoms with E-state index >= 15 is 0 Å². The van der Waals surface area contributed by atoms with E-state index in [9.17, 15) is 0 Å². The van der Waals surface area contributed by atoms with E-state index in [-0.39, 0.29) is 0 Å². The molecule has 2 unspecified atom stereocenters. The fraction of sp³-hybridized carbons (Fsp3) is 0.500. The summed E-state index contributed by atoms with van der Waals surface area (Å²) in [6, 6.07) is 8.98. The second-order valence-electron chi connectivity index (χ2n) is 4.23. The average molecular weight is 206 g/mol. The van der Waals surface area contributed by atoms with Crippen LogP contribution >= 0.6 is 0 Å². The summed E-state index contributed by atoms with van der Waals surface area (Å²) in [5.74, 6) is 0.918. The Labute approximate surface area is 90.8 Å². The maximum absolute atomic E-state index is 5.95. The number of nitrogens with zero attached hydrogens (tertiary/aromatic N) is 1. The highest BCUT2D eigenvalue weighted by Crippen LogP contribution is 2.31. The van der Waals surface area contributed by atoms with Gasteiger partial charge < -0.3 is 10.5 Å². The molecule has 3 nitrogen and oxygen atoms in total. The van der Waals surface area contributed by atoms with Crippen molar-refractivity contribution >= 4 is 0 Å². The van der Waals surface area contributed by atoms with Crippen LogP contribution in [0.3, 0.4) is 0 Å². The van der Waals surface area contributed by atoms with Crippen LogP contribution in [-0.4, -0.2) is 31.6 Å². The molecule has 3 heteroatoms. The number of methoxy groups -OCH3 is 1. The molecule has 2 rings (SSSR count). The summed E-state index contributed by atoms with van der Waals surface area (Å²) in [7, 11) is 3.82. The highest BCUT2D eigenvalue weighted by molar-refractivity contribution is 5.31. The Morgan fingerprint density at radius 1 is 1.47 bits per heavy atom. The van der Waals surface area contributed by atoms with Crippen molar-refractivity contribution in [2.24, 2.45) is 5.73 Å². The van der Waals surface area contributed by atoms with E-state index in [1.54, 1.807) is 7.11 Å². The fourth-order valence-corrected chi connectivity index (χ4v) is 2.28. The number of likely N-dealkylation sites (tertiary alicyclic amines) is 1. The first kappa shape index (κ1) is 10.5. The molecule has 1 aliphatic rings. The van der Waals surface area contributed by atoms with Gasteiger partial charge in [0, 0.05) is 18.6 Å². The molecular formula is C12H18N2O. The molecule has 0 radical (unpaired) electrons. The SMILES string of the molecule is COc1cccc(C2CC(N)CN2C)c1. The van der Waals surface area contributed by atoms with Crippen molar-refractivity contribution in [2.75, 3.05) is 20.7 Å². The second kappa shape index (κ2) is 4.21. The topological polar surface area (TPSA) is 38.5 Å². The lowest BCUT2D eigenvalue weighted by atomic mass is 10.0. The zero-order chi connectivity index (χ0) is 10.8. The Morgan fingerprint density at radius 2 is 2.27 bits per heavy atom. The Kier molecular flexibility index (Phi) is 2.93. The molecule has 0 aliphatic carbocycles. The molecule has 0 aromatic heterocycles. The lowest BCUT2D eigenvalue weighted by Gasteiger charge is -2.19. The minimum Gasteiger partial charge on any atom is -0.497 e. The summed E-state index contributed by atoms with van der Waals surface area (Å²) in [6.45, 7) is 0.974. The maximum Gasteiger partial charge on any atom is 0.119 e. The van der Waals surface area contributed by atoms with Crippen LogP contribution < -0.4 is 10.5 Å². The summed E-state index contributed by atoms with van der Waals surface area (Å²) < 4.78 is 5.23. The van der Waals surface area contributed by atoms with Crippen LogP contribution in [0.2, 0.25) is 0 Å². The van der Waals surface area contributed by atoms with Crippen molar-refractivity contribution in [3.8, 4) is 5.75 Å². The number of hydrogen-bond donors (Lipinski definition) is 1. The number of benzene rings is 1. The van der Waals surface area contributed by atoms with Gasteiger partial charge in [-0.2, -0.15) is 0 Å². The molecule has 0 amide bonds. The Hall–Kier alpha value is -1.06. The lowest BCUT2D eigenvalue weighted by molar-refractivity contribution is 0.315. The monoisotopic (exact) mass is 206 g/mol. The van der Waals surface area contributed by atoms with Crippen molar-refractivity contribution in [2.45, 2.75) is 18.5 Å². The highest BCUT2D eigenvalue weighted by Gasteiger charge is 2.28. The lowest BCUT2D eigenvalue weighted by Crippen LogP contribution is -2.24. The molecule has 1 aromatic carbocycles. The van der Waals surface area contributed by atoms with Crippen LogP contribution in [0.5, 0.6) is 5.75 Å². The van der Waals surface area contributed by atoms with E-state index in [0.717, 1.165) is 18.7 Å². The molecule has 1 aromatic rings. The Morgan fingerprint density at radius 3 is 2.87 bits per heavy atom. The predicted molar refractivity (Wildman–Crippen MR) is 61.0 cm³/mol. The van der Waals surface area contributed by atoms with E-state index in [4.69, 9.17) is 10.5 Å². The van der Waals surface area contributed by atoms with Gasteiger partial charge in [0.05, 0.1) is 7.11 Å². The molecule has 0 bridgehead atoms.